The summed E-state index contributed by atoms with van der Waals surface area (Å²) in [7, 11) is 0. The van der Waals surface area contributed by atoms with Crippen molar-refractivity contribution in [3.63, 3.8) is 0 Å². The standard InChI is InChI=1S/C29H29ClN2O4S/c30-23-8-6-22(7-9-23)24-17-37-27(31-24)32(15-19-4-2-1-3-5-19)25(33)16-36-26(34)28-11-20-10-21(12-28)14-29(35,13-20)18-28/h1-9,17,20-21,35H,10-16,18H2. The maximum absolute atomic E-state index is 13.5. The number of aliphatic hydroxyl groups is 1. The first-order chi connectivity index (χ1) is 17.8. The predicted molar refractivity (Wildman–Crippen MR) is 143 cm³/mol. The lowest BCUT2D eigenvalue weighted by atomic mass is 9.48. The summed E-state index contributed by atoms with van der Waals surface area (Å²) in [5.41, 5.74) is 1.19. The minimum atomic E-state index is -0.759. The van der Waals surface area contributed by atoms with E-state index < -0.39 is 11.0 Å². The van der Waals surface area contributed by atoms with Crippen LogP contribution in [-0.2, 0) is 20.9 Å². The van der Waals surface area contributed by atoms with Crippen molar-refractivity contribution in [3.8, 4) is 11.3 Å². The van der Waals surface area contributed by atoms with Crippen molar-refractivity contribution in [2.24, 2.45) is 17.3 Å². The second-order valence-electron chi connectivity index (χ2n) is 11.0. The summed E-state index contributed by atoms with van der Waals surface area (Å²) in [6.45, 7) is -0.0309. The number of aromatic nitrogens is 1. The molecule has 3 aromatic rings. The molecule has 2 aromatic carbocycles. The van der Waals surface area contributed by atoms with Crippen LogP contribution in [0.1, 0.15) is 44.1 Å². The second kappa shape index (κ2) is 9.53. The number of thiazole rings is 1. The summed E-state index contributed by atoms with van der Waals surface area (Å²) in [6, 6.07) is 17.1. The van der Waals surface area contributed by atoms with Gasteiger partial charge < -0.3 is 9.84 Å². The topological polar surface area (TPSA) is 79.7 Å². The van der Waals surface area contributed by atoms with Crippen LogP contribution in [0.5, 0.6) is 0 Å². The van der Waals surface area contributed by atoms with E-state index in [1.54, 1.807) is 4.90 Å². The summed E-state index contributed by atoms with van der Waals surface area (Å²) < 4.78 is 5.70. The van der Waals surface area contributed by atoms with Crippen LogP contribution >= 0.6 is 22.9 Å². The fourth-order valence-corrected chi connectivity index (χ4v) is 7.96. The van der Waals surface area contributed by atoms with Gasteiger partial charge >= 0.3 is 5.97 Å². The van der Waals surface area contributed by atoms with Gasteiger partial charge in [0.25, 0.3) is 5.91 Å². The van der Waals surface area contributed by atoms with E-state index in [0.717, 1.165) is 48.9 Å². The van der Waals surface area contributed by atoms with Crippen LogP contribution in [0.15, 0.2) is 60.0 Å². The Kier molecular flexibility index (Phi) is 6.33. The number of benzene rings is 2. The first-order valence-electron chi connectivity index (χ1n) is 12.8. The fourth-order valence-electron chi connectivity index (χ4n) is 6.98. The summed E-state index contributed by atoms with van der Waals surface area (Å²) in [5.74, 6) is 0.0723. The van der Waals surface area contributed by atoms with E-state index in [4.69, 9.17) is 21.3 Å². The number of esters is 1. The van der Waals surface area contributed by atoms with Crippen molar-refractivity contribution < 1.29 is 19.4 Å². The minimum Gasteiger partial charge on any atom is -0.455 e. The Labute approximate surface area is 225 Å². The van der Waals surface area contributed by atoms with Crippen LogP contribution in [0.2, 0.25) is 5.02 Å². The molecular formula is C29H29ClN2O4S. The molecule has 2 atom stereocenters. The molecule has 0 spiro atoms. The first-order valence-corrected chi connectivity index (χ1v) is 14.0. The molecule has 1 amide bonds. The number of hydrogen-bond donors (Lipinski definition) is 1. The number of rotatable bonds is 7. The van der Waals surface area contributed by atoms with Gasteiger partial charge in [0.1, 0.15) is 0 Å². The molecule has 1 aromatic heterocycles. The first kappa shape index (κ1) is 24.6. The zero-order valence-electron chi connectivity index (χ0n) is 20.4. The monoisotopic (exact) mass is 536 g/mol. The second-order valence-corrected chi connectivity index (χ2v) is 12.3. The molecule has 0 saturated heterocycles. The van der Waals surface area contributed by atoms with E-state index in [1.807, 2.05) is 60.0 Å². The Bertz CT molecular complexity index is 1290. The molecule has 1 N–H and O–H groups in total. The Morgan fingerprint density at radius 2 is 1.76 bits per heavy atom. The van der Waals surface area contributed by atoms with Gasteiger partial charge in [0.05, 0.1) is 23.3 Å². The van der Waals surface area contributed by atoms with Crippen LogP contribution < -0.4 is 4.90 Å². The van der Waals surface area contributed by atoms with Crippen LogP contribution in [0.25, 0.3) is 11.3 Å². The molecule has 4 fully saturated rings. The highest BCUT2D eigenvalue weighted by Crippen LogP contribution is 2.62. The summed E-state index contributed by atoms with van der Waals surface area (Å²) in [5, 5.41) is 14.1. The van der Waals surface area contributed by atoms with Gasteiger partial charge in [0.15, 0.2) is 11.7 Å². The number of halogens is 1. The maximum atomic E-state index is 13.5. The molecule has 0 aliphatic heterocycles. The van der Waals surface area contributed by atoms with Crippen LogP contribution in [-0.4, -0.2) is 34.2 Å². The van der Waals surface area contributed by atoms with E-state index >= 15 is 0 Å². The molecule has 4 bridgehead atoms. The van der Waals surface area contributed by atoms with Crippen molar-refractivity contribution >= 4 is 39.9 Å². The summed E-state index contributed by atoms with van der Waals surface area (Å²) in [6.07, 6.45) is 4.60. The number of amides is 1. The molecule has 0 radical (unpaired) electrons. The largest absolute Gasteiger partial charge is 0.455 e. The van der Waals surface area contributed by atoms with Crippen LogP contribution in [0.3, 0.4) is 0 Å². The van der Waals surface area contributed by atoms with Gasteiger partial charge in [-0.2, -0.15) is 0 Å². The quantitative estimate of drug-likeness (QED) is 0.382. The van der Waals surface area contributed by atoms with Gasteiger partial charge in [-0.3, -0.25) is 14.5 Å². The predicted octanol–water partition coefficient (Wildman–Crippen LogP) is 5.87. The van der Waals surface area contributed by atoms with Gasteiger partial charge in [-0.15, -0.1) is 11.3 Å². The highest BCUT2D eigenvalue weighted by Gasteiger charge is 2.61. The Morgan fingerprint density at radius 3 is 2.43 bits per heavy atom. The van der Waals surface area contributed by atoms with Crippen molar-refractivity contribution in [1.82, 2.24) is 4.98 Å². The Morgan fingerprint density at radius 1 is 1.05 bits per heavy atom. The highest BCUT2D eigenvalue weighted by molar-refractivity contribution is 7.14. The number of anilines is 1. The average molecular weight is 537 g/mol. The Balaban J connectivity index is 1.20. The molecule has 7 rings (SSSR count). The average Bonchev–Trinajstić information content (AvgIpc) is 3.35. The number of hydrogen-bond acceptors (Lipinski definition) is 6. The third-order valence-corrected chi connectivity index (χ3v) is 9.25. The molecule has 4 saturated carbocycles. The molecule has 4 aliphatic carbocycles. The molecular weight excluding hydrogens is 508 g/mol. The number of ether oxygens (including phenoxy) is 1. The highest BCUT2D eigenvalue weighted by atomic mass is 35.5. The van der Waals surface area contributed by atoms with Crippen molar-refractivity contribution in [1.29, 1.82) is 0 Å². The molecule has 2 unspecified atom stereocenters. The third-order valence-electron chi connectivity index (χ3n) is 8.14. The maximum Gasteiger partial charge on any atom is 0.312 e. The lowest BCUT2D eigenvalue weighted by Gasteiger charge is -2.58. The van der Waals surface area contributed by atoms with Crippen molar-refractivity contribution in [2.45, 2.75) is 50.7 Å². The molecule has 1 heterocycles. The minimum absolute atomic E-state index is 0.319. The lowest BCUT2D eigenvalue weighted by molar-refractivity contribution is -0.196. The van der Waals surface area contributed by atoms with E-state index in [0.29, 0.717) is 35.0 Å². The van der Waals surface area contributed by atoms with E-state index in [1.165, 1.54) is 11.3 Å². The smallest absolute Gasteiger partial charge is 0.312 e. The van der Waals surface area contributed by atoms with Gasteiger partial charge in [-0.1, -0.05) is 54.1 Å². The number of carbonyl (C=O) groups is 2. The normalized spacial score (nSPS) is 27.7. The summed E-state index contributed by atoms with van der Waals surface area (Å²) in [4.78, 5) is 33.1. The van der Waals surface area contributed by atoms with Gasteiger partial charge in [-0.05, 0) is 68.1 Å². The lowest BCUT2D eigenvalue weighted by Crippen LogP contribution is -2.58. The van der Waals surface area contributed by atoms with Crippen molar-refractivity contribution in [3.05, 3.63) is 70.6 Å². The molecule has 6 nitrogen and oxygen atoms in total. The molecule has 4 aliphatic rings. The number of carbonyl (C=O) groups excluding carboxylic acids is 2. The van der Waals surface area contributed by atoms with E-state index in [9.17, 15) is 14.7 Å². The zero-order valence-corrected chi connectivity index (χ0v) is 22.0. The van der Waals surface area contributed by atoms with Gasteiger partial charge in [-0.25, -0.2) is 4.98 Å². The van der Waals surface area contributed by atoms with Crippen LogP contribution in [0, 0.1) is 17.3 Å². The van der Waals surface area contributed by atoms with E-state index in [-0.39, 0.29) is 18.5 Å². The molecule has 8 heteroatoms. The zero-order chi connectivity index (χ0) is 25.6. The van der Waals surface area contributed by atoms with Gasteiger partial charge in [0.2, 0.25) is 0 Å². The molecule has 37 heavy (non-hydrogen) atoms. The third kappa shape index (κ3) is 4.92. The van der Waals surface area contributed by atoms with Crippen molar-refractivity contribution in [2.75, 3.05) is 11.5 Å². The summed E-state index contributed by atoms with van der Waals surface area (Å²) >= 11 is 7.40. The number of nitrogens with zero attached hydrogens (tertiary/aromatic N) is 2. The molecule has 192 valence electrons. The fraction of sp³-hybridized carbons (Fsp3) is 0.414. The van der Waals surface area contributed by atoms with E-state index in [2.05, 4.69) is 0 Å². The SMILES string of the molecule is O=C(COC(=O)C12CC3CC(CC(O)(C3)C1)C2)N(Cc1ccccc1)c1nc(-c2ccc(Cl)cc2)cs1. The van der Waals surface area contributed by atoms with Crippen LogP contribution in [0.4, 0.5) is 5.13 Å². The Hall–Kier alpha value is -2.74. The van der Waals surface area contributed by atoms with Gasteiger partial charge in [0, 0.05) is 16.0 Å².